The number of ether oxygens (including phenoxy) is 1. The van der Waals surface area contributed by atoms with Gasteiger partial charge in [-0.1, -0.05) is 48.0 Å². The minimum absolute atomic E-state index is 0.0959. The zero-order valence-electron chi connectivity index (χ0n) is 17.8. The topological polar surface area (TPSA) is 44.1 Å². The van der Waals surface area contributed by atoms with E-state index >= 15 is 0 Å². The van der Waals surface area contributed by atoms with Crippen molar-refractivity contribution in [3.05, 3.63) is 81.0 Å². The Hall–Kier alpha value is -2.92. The van der Waals surface area contributed by atoms with Gasteiger partial charge < -0.3 is 4.74 Å². The fraction of sp³-hybridized carbons (Fsp3) is 0.308. The summed E-state index contributed by atoms with van der Waals surface area (Å²) in [5.74, 6) is 1.62. The van der Waals surface area contributed by atoms with Gasteiger partial charge in [-0.05, 0) is 56.7 Å². The van der Waals surface area contributed by atoms with Crippen LogP contribution in [0.15, 0.2) is 59.4 Å². The van der Waals surface area contributed by atoms with Crippen molar-refractivity contribution in [1.29, 1.82) is 0 Å². The Balaban J connectivity index is 1.48. The number of aromatic nitrogens is 2. The van der Waals surface area contributed by atoms with Crippen LogP contribution in [0.2, 0.25) is 0 Å². The minimum atomic E-state index is 0.0959. The quantitative estimate of drug-likeness (QED) is 0.364. The Morgan fingerprint density at radius 3 is 2.61 bits per heavy atom. The van der Waals surface area contributed by atoms with Gasteiger partial charge in [0.1, 0.15) is 16.4 Å². The van der Waals surface area contributed by atoms with Gasteiger partial charge in [0, 0.05) is 17.0 Å². The van der Waals surface area contributed by atoms with Gasteiger partial charge in [0.15, 0.2) is 0 Å². The maximum atomic E-state index is 13.6. The number of hydrogen-bond donors (Lipinski definition) is 0. The number of hydrogen-bond acceptors (Lipinski definition) is 4. The van der Waals surface area contributed by atoms with E-state index in [1.165, 1.54) is 22.4 Å². The summed E-state index contributed by atoms with van der Waals surface area (Å²) in [5.41, 5.74) is 3.53. The van der Waals surface area contributed by atoms with Crippen LogP contribution in [0.5, 0.6) is 5.75 Å². The molecule has 5 heteroatoms. The molecule has 2 heterocycles. The Kier molecular flexibility index (Phi) is 5.60. The first-order valence-electron chi connectivity index (χ1n) is 11.0. The average molecular weight is 431 g/mol. The Bertz CT molecular complexity index is 1260. The summed E-state index contributed by atoms with van der Waals surface area (Å²) < 4.78 is 7.76. The highest BCUT2D eigenvalue weighted by Gasteiger charge is 2.22. The van der Waals surface area contributed by atoms with Crippen LogP contribution >= 0.6 is 11.3 Å². The highest BCUT2D eigenvalue weighted by atomic mass is 32.1. The van der Waals surface area contributed by atoms with E-state index in [0.717, 1.165) is 53.0 Å². The molecule has 1 aliphatic rings. The first-order chi connectivity index (χ1) is 15.2. The molecule has 0 saturated heterocycles. The molecule has 0 unspecified atom stereocenters. The van der Waals surface area contributed by atoms with Crippen molar-refractivity contribution < 1.29 is 4.74 Å². The van der Waals surface area contributed by atoms with Crippen LogP contribution in [0.3, 0.4) is 0 Å². The fourth-order valence-electron chi connectivity index (χ4n) is 4.30. The van der Waals surface area contributed by atoms with Gasteiger partial charge in [-0.15, -0.1) is 11.3 Å². The molecule has 4 nitrogen and oxygen atoms in total. The molecule has 0 atom stereocenters. The van der Waals surface area contributed by atoms with Crippen molar-refractivity contribution in [3.63, 3.8) is 0 Å². The monoisotopic (exact) mass is 430 g/mol. The van der Waals surface area contributed by atoms with E-state index in [4.69, 9.17) is 9.72 Å². The zero-order chi connectivity index (χ0) is 21.2. The first kappa shape index (κ1) is 20.0. The fourth-order valence-corrected chi connectivity index (χ4v) is 5.55. The lowest BCUT2D eigenvalue weighted by Crippen LogP contribution is -2.25. The lowest BCUT2D eigenvalue weighted by molar-refractivity contribution is 0.301. The molecule has 0 spiro atoms. The van der Waals surface area contributed by atoms with Gasteiger partial charge in [0.05, 0.1) is 12.0 Å². The second-order valence-electron chi connectivity index (χ2n) is 8.16. The molecule has 1 aliphatic carbocycles. The van der Waals surface area contributed by atoms with Gasteiger partial charge in [0.2, 0.25) is 0 Å². The van der Waals surface area contributed by atoms with Gasteiger partial charge >= 0.3 is 0 Å². The van der Waals surface area contributed by atoms with Crippen LogP contribution < -0.4 is 10.3 Å². The van der Waals surface area contributed by atoms with Gasteiger partial charge in [-0.2, -0.15) is 0 Å². The highest BCUT2D eigenvalue weighted by Crippen LogP contribution is 2.34. The predicted octanol–water partition coefficient (Wildman–Crippen LogP) is 5.78. The third-order valence-corrected chi connectivity index (χ3v) is 7.11. The van der Waals surface area contributed by atoms with Crippen LogP contribution in [0.25, 0.3) is 21.6 Å². The highest BCUT2D eigenvalue weighted by molar-refractivity contribution is 7.18. The molecule has 4 aromatic rings. The van der Waals surface area contributed by atoms with Crippen molar-refractivity contribution in [2.75, 3.05) is 6.61 Å². The largest absolute Gasteiger partial charge is 0.494 e. The number of nitrogens with zero attached hydrogens (tertiary/aromatic N) is 2. The van der Waals surface area contributed by atoms with Gasteiger partial charge in [-0.3, -0.25) is 9.36 Å². The van der Waals surface area contributed by atoms with Crippen molar-refractivity contribution >= 4 is 21.6 Å². The van der Waals surface area contributed by atoms with Crippen LogP contribution in [0.4, 0.5) is 0 Å². The molecule has 0 bridgehead atoms. The molecule has 0 N–H and O–H groups in total. The van der Waals surface area contributed by atoms with Crippen molar-refractivity contribution in [2.45, 2.75) is 45.6 Å². The summed E-state index contributed by atoms with van der Waals surface area (Å²) in [5, 5.41) is 0.846. The summed E-state index contributed by atoms with van der Waals surface area (Å²) in [7, 11) is 0. The van der Waals surface area contributed by atoms with E-state index < -0.39 is 0 Å². The smallest absolute Gasteiger partial charge is 0.262 e. The van der Waals surface area contributed by atoms with Gasteiger partial charge in [-0.25, -0.2) is 4.98 Å². The summed E-state index contributed by atoms with van der Waals surface area (Å²) in [4.78, 5) is 20.9. The molecule has 0 saturated carbocycles. The minimum Gasteiger partial charge on any atom is -0.494 e. The Labute approximate surface area is 186 Å². The van der Waals surface area contributed by atoms with Crippen LogP contribution in [-0.4, -0.2) is 16.2 Å². The standard InChI is InChI=1S/C26H26N2O2S/c1-18-12-14-20(15-13-18)30-17-7-16-28-24(19-8-3-2-4-9-19)27-25-23(26(28)29)21-10-5-6-11-22(21)31-25/h2-4,8-9,12-15H,5-7,10-11,16-17H2,1H3. The van der Waals surface area contributed by atoms with E-state index in [9.17, 15) is 4.79 Å². The average Bonchev–Trinajstić information content (AvgIpc) is 3.18. The van der Waals surface area contributed by atoms with Crippen molar-refractivity contribution in [2.24, 2.45) is 0 Å². The second kappa shape index (κ2) is 8.67. The normalized spacial score (nSPS) is 13.3. The van der Waals surface area contributed by atoms with E-state index in [-0.39, 0.29) is 5.56 Å². The van der Waals surface area contributed by atoms with E-state index in [1.807, 2.05) is 59.2 Å². The SMILES string of the molecule is Cc1ccc(OCCCn2c(-c3ccccc3)nc3sc4c(c3c2=O)CCCC4)cc1. The molecule has 2 aromatic heterocycles. The van der Waals surface area contributed by atoms with Crippen molar-refractivity contribution in [3.8, 4) is 17.1 Å². The molecule has 0 amide bonds. The summed E-state index contributed by atoms with van der Waals surface area (Å²) in [6.07, 6.45) is 5.17. The number of thiophene rings is 1. The zero-order valence-corrected chi connectivity index (χ0v) is 18.6. The predicted molar refractivity (Wildman–Crippen MR) is 127 cm³/mol. The Morgan fingerprint density at radius 1 is 1.03 bits per heavy atom. The molecule has 31 heavy (non-hydrogen) atoms. The second-order valence-corrected chi connectivity index (χ2v) is 9.25. The maximum absolute atomic E-state index is 13.6. The summed E-state index contributed by atoms with van der Waals surface area (Å²) in [6.45, 7) is 3.21. The van der Waals surface area contributed by atoms with Gasteiger partial charge in [0.25, 0.3) is 5.56 Å². The number of benzene rings is 2. The molecule has 0 aliphatic heterocycles. The first-order valence-corrected chi connectivity index (χ1v) is 11.8. The van der Waals surface area contributed by atoms with E-state index in [1.54, 1.807) is 11.3 Å². The number of fused-ring (bicyclic) bond motifs is 3. The van der Waals surface area contributed by atoms with Crippen LogP contribution in [0, 0.1) is 6.92 Å². The summed E-state index contributed by atoms with van der Waals surface area (Å²) in [6, 6.07) is 18.1. The van der Waals surface area contributed by atoms with Crippen LogP contribution in [-0.2, 0) is 19.4 Å². The third kappa shape index (κ3) is 4.02. The molecule has 2 aromatic carbocycles. The third-order valence-electron chi connectivity index (χ3n) is 5.92. The molecular formula is C26H26N2O2S. The molecular weight excluding hydrogens is 404 g/mol. The number of rotatable bonds is 6. The lowest BCUT2D eigenvalue weighted by Gasteiger charge is -2.14. The summed E-state index contributed by atoms with van der Waals surface area (Å²) >= 11 is 1.71. The molecule has 5 rings (SSSR count). The van der Waals surface area contributed by atoms with Crippen molar-refractivity contribution in [1.82, 2.24) is 9.55 Å². The molecule has 0 radical (unpaired) electrons. The maximum Gasteiger partial charge on any atom is 0.262 e. The molecule has 158 valence electrons. The lowest BCUT2D eigenvalue weighted by atomic mass is 9.97. The van der Waals surface area contributed by atoms with E-state index in [2.05, 4.69) is 6.92 Å². The number of aryl methyl sites for hydroxylation is 3. The Morgan fingerprint density at radius 2 is 1.81 bits per heavy atom. The van der Waals surface area contributed by atoms with Crippen LogP contribution in [0.1, 0.15) is 35.3 Å². The molecule has 0 fully saturated rings. The van der Waals surface area contributed by atoms with E-state index in [0.29, 0.717) is 13.2 Å².